The molecular weight excluding hydrogens is 354 g/mol. The third kappa shape index (κ3) is 3.33. The van der Waals surface area contributed by atoms with Gasteiger partial charge in [-0.15, -0.1) is 22.0 Å². The third-order valence-corrected chi connectivity index (χ3v) is 4.55. The van der Waals surface area contributed by atoms with Gasteiger partial charge in [-0.1, -0.05) is 12.1 Å². The Morgan fingerprint density at radius 3 is 2.96 bits per heavy atom. The Morgan fingerprint density at radius 1 is 1.23 bits per heavy atom. The van der Waals surface area contributed by atoms with E-state index < -0.39 is 0 Å². The van der Waals surface area contributed by atoms with Crippen molar-refractivity contribution in [2.75, 3.05) is 18.4 Å². The number of hydrogen-bond donors (Lipinski definition) is 1. The van der Waals surface area contributed by atoms with Crippen LogP contribution < -0.4 is 14.8 Å². The number of carbonyl (C=O) groups is 1. The van der Waals surface area contributed by atoms with E-state index in [1.54, 1.807) is 23.9 Å². The lowest BCUT2D eigenvalue weighted by atomic mass is 10.2. The molecule has 1 aliphatic rings. The number of tetrazole rings is 1. The summed E-state index contributed by atoms with van der Waals surface area (Å²) in [5.74, 6) is 1.53. The predicted molar refractivity (Wildman–Crippen MR) is 96.2 cm³/mol. The first-order valence-corrected chi connectivity index (χ1v) is 9.06. The number of para-hydroxylation sites is 1. The maximum absolute atomic E-state index is 12.3. The highest BCUT2D eigenvalue weighted by molar-refractivity contribution is 7.98. The van der Waals surface area contributed by atoms with E-state index in [9.17, 15) is 4.79 Å². The number of anilines is 1. The van der Waals surface area contributed by atoms with Crippen LogP contribution in [0.25, 0.3) is 11.4 Å². The molecule has 3 aromatic rings. The van der Waals surface area contributed by atoms with Gasteiger partial charge in [0.1, 0.15) is 6.54 Å². The van der Waals surface area contributed by atoms with Crippen molar-refractivity contribution in [3.8, 4) is 22.9 Å². The number of ether oxygens (including phenoxy) is 2. The van der Waals surface area contributed by atoms with E-state index in [1.165, 1.54) is 4.80 Å². The number of carbonyl (C=O) groups excluding carboxylic acids is 1. The second-order valence-electron chi connectivity index (χ2n) is 5.46. The average molecular weight is 369 g/mol. The van der Waals surface area contributed by atoms with Gasteiger partial charge in [-0.3, -0.25) is 4.79 Å². The van der Waals surface area contributed by atoms with Crippen molar-refractivity contribution in [3.05, 3.63) is 42.5 Å². The van der Waals surface area contributed by atoms with Gasteiger partial charge in [-0.25, -0.2) is 0 Å². The molecule has 4 rings (SSSR count). The molecule has 2 aromatic carbocycles. The lowest BCUT2D eigenvalue weighted by Crippen LogP contribution is -2.20. The Labute approximate surface area is 153 Å². The monoisotopic (exact) mass is 369 g/mol. The summed E-state index contributed by atoms with van der Waals surface area (Å²) in [5, 5.41) is 15.1. The molecule has 0 saturated heterocycles. The first kappa shape index (κ1) is 16.4. The number of hydrogen-bond acceptors (Lipinski definition) is 7. The minimum atomic E-state index is -0.221. The van der Waals surface area contributed by atoms with Crippen LogP contribution in [0.1, 0.15) is 0 Å². The van der Waals surface area contributed by atoms with Gasteiger partial charge in [0, 0.05) is 10.5 Å². The van der Waals surface area contributed by atoms with E-state index in [4.69, 9.17) is 9.47 Å². The Hall–Kier alpha value is -3.07. The molecule has 2 heterocycles. The van der Waals surface area contributed by atoms with Crippen LogP contribution in [0.5, 0.6) is 11.5 Å². The van der Waals surface area contributed by atoms with Crippen molar-refractivity contribution < 1.29 is 14.3 Å². The van der Waals surface area contributed by atoms with E-state index in [0.717, 1.165) is 16.1 Å². The predicted octanol–water partition coefficient (Wildman–Crippen LogP) is 2.43. The third-order valence-electron chi connectivity index (χ3n) is 3.75. The molecule has 0 atom stereocenters. The molecule has 0 bridgehead atoms. The second kappa shape index (κ2) is 7.04. The molecule has 26 heavy (non-hydrogen) atoms. The first-order chi connectivity index (χ1) is 12.7. The smallest absolute Gasteiger partial charge is 0.248 e. The Kier molecular flexibility index (Phi) is 4.44. The van der Waals surface area contributed by atoms with Crippen LogP contribution >= 0.6 is 11.8 Å². The van der Waals surface area contributed by atoms with Crippen LogP contribution in [0, 0.1) is 0 Å². The van der Waals surface area contributed by atoms with E-state index in [1.807, 2.05) is 36.6 Å². The number of rotatable bonds is 5. The fraction of sp³-hybridized carbons (Fsp3) is 0.176. The molecule has 1 aromatic heterocycles. The molecule has 0 spiro atoms. The minimum Gasteiger partial charge on any atom is -0.454 e. The summed E-state index contributed by atoms with van der Waals surface area (Å²) in [6.45, 7) is 0.177. The Morgan fingerprint density at radius 2 is 2.08 bits per heavy atom. The van der Waals surface area contributed by atoms with Crippen molar-refractivity contribution in [1.82, 2.24) is 20.2 Å². The average Bonchev–Trinajstić information content (AvgIpc) is 3.30. The summed E-state index contributed by atoms with van der Waals surface area (Å²) in [5.41, 5.74) is 1.51. The van der Waals surface area contributed by atoms with Gasteiger partial charge in [0.15, 0.2) is 11.5 Å². The number of nitrogens with one attached hydrogen (secondary N) is 1. The molecule has 8 nitrogen and oxygen atoms in total. The molecule has 0 radical (unpaired) electrons. The molecule has 0 aliphatic carbocycles. The molecule has 1 amide bonds. The molecule has 0 saturated carbocycles. The number of amides is 1. The Bertz CT molecular complexity index is 959. The quantitative estimate of drug-likeness (QED) is 0.691. The molecule has 1 aliphatic heterocycles. The van der Waals surface area contributed by atoms with Gasteiger partial charge >= 0.3 is 0 Å². The maximum atomic E-state index is 12.3. The van der Waals surface area contributed by atoms with Crippen LogP contribution in [0.3, 0.4) is 0 Å². The van der Waals surface area contributed by atoms with E-state index >= 15 is 0 Å². The number of nitrogens with zero attached hydrogens (tertiary/aromatic N) is 4. The number of aromatic nitrogens is 4. The van der Waals surface area contributed by atoms with Crippen LogP contribution in [0.15, 0.2) is 47.4 Å². The Balaban J connectivity index is 1.46. The summed E-state index contributed by atoms with van der Waals surface area (Å²) >= 11 is 1.57. The second-order valence-corrected chi connectivity index (χ2v) is 6.31. The summed E-state index contributed by atoms with van der Waals surface area (Å²) in [4.78, 5) is 14.5. The molecule has 1 N–H and O–H groups in total. The van der Waals surface area contributed by atoms with Crippen molar-refractivity contribution in [1.29, 1.82) is 0 Å². The van der Waals surface area contributed by atoms with Gasteiger partial charge in [-0.05, 0) is 41.8 Å². The van der Waals surface area contributed by atoms with E-state index in [0.29, 0.717) is 17.3 Å². The van der Waals surface area contributed by atoms with Crippen molar-refractivity contribution >= 4 is 23.4 Å². The summed E-state index contributed by atoms with van der Waals surface area (Å²) in [6.07, 6.45) is 1.96. The molecule has 9 heteroatoms. The molecule has 0 unspecified atom stereocenters. The fourth-order valence-electron chi connectivity index (χ4n) is 2.53. The van der Waals surface area contributed by atoms with Gasteiger partial charge in [0.05, 0.1) is 5.69 Å². The topological polar surface area (TPSA) is 91.2 Å². The van der Waals surface area contributed by atoms with Gasteiger partial charge in [0.2, 0.25) is 18.5 Å². The minimum absolute atomic E-state index is 0.0275. The van der Waals surface area contributed by atoms with Gasteiger partial charge < -0.3 is 14.8 Å². The zero-order valence-electron chi connectivity index (χ0n) is 13.9. The highest BCUT2D eigenvalue weighted by Gasteiger charge is 2.16. The first-order valence-electron chi connectivity index (χ1n) is 7.83. The highest BCUT2D eigenvalue weighted by atomic mass is 32.2. The standard InChI is InChI=1S/C17H15N5O3S/c1-26-15-5-3-2-4-12(15)18-16(23)9-22-20-17(19-21-22)11-6-7-13-14(8-11)25-10-24-13/h2-8H,9-10H2,1H3,(H,18,23). The van der Waals surface area contributed by atoms with Gasteiger partial charge in [0.25, 0.3) is 0 Å². The van der Waals surface area contributed by atoms with Crippen molar-refractivity contribution in [2.24, 2.45) is 0 Å². The zero-order chi connectivity index (χ0) is 17.9. The summed E-state index contributed by atoms with van der Waals surface area (Å²) in [7, 11) is 0. The van der Waals surface area contributed by atoms with E-state index in [-0.39, 0.29) is 19.2 Å². The SMILES string of the molecule is CSc1ccccc1NC(=O)Cn1nnc(-c2ccc3c(c2)OCO3)n1. The van der Waals surface area contributed by atoms with Crippen molar-refractivity contribution in [3.63, 3.8) is 0 Å². The van der Waals surface area contributed by atoms with Gasteiger partial charge in [-0.2, -0.15) is 4.80 Å². The maximum Gasteiger partial charge on any atom is 0.248 e. The van der Waals surface area contributed by atoms with E-state index in [2.05, 4.69) is 20.7 Å². The van der Waals surface area contributed by atoms with Crippen LogP contribution in [-0.2, 0) is 11.3 Å². The van der Waals surface area contributed by atoms with Crippen LogP contribution in [-0.4, -0.2) is 39.2 Å². The summed E-state index contributed by atoms with van der Waals surface area (Å²) in [6, 6.07) is 13.0. The molecular formula is C17H15N5O3S. The van der Waals surface area contributed by atoms with Crippen molar-refractivity contribution in [2.45, 2.75) is 11.4 Å². The summed E-state index contributed by atoms with van der Waals surface area (Å²) < 4.78 is 10.6. The number of fused-ring (bicyclic) bond motifs is 1. The lowest BCUT2D eigenvalue weighted by Gasteiger charge is -2.08. The fourth-order valence-corrected chi connectivity index (χ4v) is 3.08. The van der Waals surface area contributed by atoms with Crippen LogP contribution in [0.2, 0.25) is 0 Å². The normalized spacial score (nSPS) is 12.2. The number of benzene rings is 2. The molecule has 132 valence electrons. The highest BCUT2D eigenvalue weighted by Crippen LogP contribution is 2.34. The zero-order valence-corrected chi connectivity index (χ0v) is 14.7. The number of thioether (sulfide) groups is 1. The lowest BCUT2D eigenvalue weighted by molar-refractivity contribution is -0.117. The molecule has 0 fully saturated rings. The largest absolute Gasteiger partial charge is 0.454 e. The van der Waals surface area contributed by atoms with Crippen LogP contribution in [0.4, 0.5) is 5.69 Å².